The molecule has 0 amide bonds. The Morgan fingerprint density at radius 2 is 2.14 bits per heavy atom. The van der Waals surface area contributed by atoms with E-state index in [0.717, 1.165) is 23.3 Å². The first-order valence-electron chi connectivity index (χ1n) is 8.02. The van der Waals surface area contributed by atoms with E-state index < -0.39 is 0 Å². The third-order valence-corrected chi connectivity index (χ3v) is 5.64. The molecule has 22 heavy (non-hydrogen) atoms. The predicted molar refractivity (Wildman–Crippen MR) is 88.9 cm³/mol. The summed E-state index contributed by atoms with van der Waals surface area (Å²) < 4.78 is 10.0. The quantitative estimate of drug-likeness (QED) is 0.876. The fourth-order valence-corrected chi connectivity index (χ4v) is 3.93. The van der Waals surface area contributed by atoms with Crippen LogP contribution in [0, 0.1) is 0 Å². The number of hydrogen-bond acceptors (Lipinski definition) is 5. The van der Waals surface area contributed by atoms with Gasteiger partial charge in [-0.05, 0) is 31.7 Å². The molecule has 1 aromatic heterocycles. The monoisotopic (exact) mass is 315 g/mol. The van der Waals surface area contributed by atoms with Crippen LogP contribution in [0.25, 0.3) is 0 Å². The van der Waals surface area contributed by atoms with Crippen LogP contribution in [0.4, 0.5) is 5.13 Å². The van der Waals surface area contributed by atoms with Crippen LogP contribution < -0.4 is 10.1 Å². The Labute approximate surface area is 135 Å². The average Bonchev–Trinajstić information content (AvgIpc) is 3.26. The molecule has 2 saturated carbocycles. The number of hydrogen-bond donors (Lipinski definition) is 1. The molecule has 1 heterocycles. The number of aromatic nitrogens is 2. The second kappa shape index (κ2) is 5.54. The van der Waals surface area contributed by atoms with Crippen LogP contribution >= 0.6 is 11.5 Å². The van der Waals surface area contributed by atoms with Crippen molar-refractivity contribution in [3.05, 3.63) is 35.7 Å². The second-order valence-electron chi connectivity index (χ2n) is 6.42. The van der Waals surface area contributed by atoms with Gasteiger partial charge in [-0.15, -0.1) is 0 Å². The molecule has 0 unspecified atom stereocenters. The summed E-state index contributed by atoms with van der Waals surface area (Å²) in [5, 5.41) is 4.49. The van der Waals surface area contributed by atoms with Crippen molar-refractivity contribution < 1.29 is 4.74 Å². The molecule has 0 bridgehead atoms. The van der Waals surface area contributed by atoms with Crippen molar-refractivity contribution in [1.29, 1.82) is 0 Å². The van der Waals surface area contributed by atoms with Crippen LogP contribution in [0.3, 0.4) is 0 Å². The van der Waals surface area contributed by atoms with Gasteiger partial charge in [0.2, 0.25) is 5.13 Å². The van der Waals surface area contributed by atoms with E-state index in [1.165, 1.54) is 49.2 Å². The van der Waals surface area contributed by atoms with Crippen molar-refractivity contribution in [2.75, 3.05) is 19.0 Å². The highest BCUT2D eigenvalue weighted by molar-refractivity contribution is 7.09. The van der Waals surface area contributed by atoms with Gasteiger partial charge >= 0.3 is 0 Å². The van der Waals surface area contributed by atoms with Gasteiger partial charge in [-0.1, -0.05) is 24.6 Å². The summed E-state index contributed by atoms with van der Waals surface area (Å²) in [6, 6.07) is 8.41. The van der Waals surface area contributed by atoms with Gasteiger partial charge in [0.05, 0.1) is 7.11 Å². The summed E-state index contributed by atoms with van der Waals surface area (Å²) in [7, 11) is 1.76. The van der Waals surface area contributed by atoms with Crippen molar-refractivity contribution in [3.8, 4) is 5.75 Å². The minimum Gasteiger partial charge on any atom is -0.496 e. The molecular weight excluding hydrogens is 294 g/mol. The third-order valence-electron chi connectivity index (χ3n) is 4.95. The van der Waals surface area contributed by atoms with E-state index in [0.29, 0.717) is 5.92 Å². The van der Waals surface area contributed by atoms with Crippen molar-refractivity contribution in [1.82, 2.24) is 9.36 Å². The largest absolute Gasteiger partial charge is 0.496 e. The van der Waals surface area contributed by atoms with Gasteiger partial charge in [0.25, 0.3) is 0 Å². The van der Waals surface area contributed by atoms with Crippen molar-refractivity contribution in [3.63, 3.8) is 0 Å². The molecule has 2 fully saturated rings. The number of anilines is 1. The van der Waals surface area contributed by atoms with E-state index in [9.17, 15) is 0 Å². The topological polar surface area (TPSA) is 47.0 Å². The van der Waals surface area contributed by atoms with Crippen LogP contribution in [0.1, 0.15) is 49.4 Å². The summed E-state index contributed by atoms with van der Waals surface area (Å²) in [5.41, 5.74) is 1.50. The maximum absolute atomic E-state index is 5.57. The molecular formula is C17H21N3OS. The Kier molecular flexibility index (Phi) is 3.53. The van der Waals surface area contributed by atoms with Gasteiger partial charge in [-0.3, -0.25) is 0 Å². The molecule has 4 nitrogen and oxygen atoms in total. The predicted octanol–water partition coefficient (Wildman–Crippen LogP) is 3.96. The lowest BCUT2D eigenvalue weighted by atomic mass is 9.64. The number of methoxy groups -OCH3 is 1. The molecule has 5 heteroatoms. The molecule has 2 aliphatic carbocycles. The van der Waals surface area contributed by atoms with Gasteiger partial charge < -0.3 is 10.1 Å². The molecule has 2 aromatic rings. The highest BCUT2D eigenvalue weighted by Crippen LogP contribution is 2.47. The molecule has 0 radical (unpaired) electrons. The minimum absolute atomic E-state index is 0.179. The van der Waals surface area contributed by atoms with Crippen LogP contribution in [-0.2, 0) is 5.41 Å². The summed E-state index contributed by atoms with van der Waals surface area (Å²) in [6.07, 6.45) is 6.19. The van der Waals surface area contributed by atoms with E-state index >= 15 is 0 Å². The summed E-state index contributed by atoms with van der Waals surface area (Å²) in [4.78, 5) is 4.64. The maximum atomic E-state index is 5.57. The molecule has 0 spiro atoms. The minimum atomic E-state index is 0.179. The summed E-state index contributed by atoms with van der Waals surface area (Å²) in [6.45, 7) is 0.909. The van der Waals surface area contributed by atoms with E-state index in [1.807, 2.05) is 6.07 Å². The van der Waals surface area contributed by atoms with Gasteiger partial charge in [0.15, 0.2) is 0 Å². The first kappa shape index (κ1) is 14.0. The summed E-state index contributed by atoms with van der Waals surface area (Å²) in [5.74, 6) is 2.66. The number of para-hydroxylation sites is 1. The first-order chi connectivity index (χ1) is 10.8. The number of rotatable bonds is 6. The zero-order valence-corrected chi connectivity index (χ0v) is 13.7. The molecule has 0 atom stereocenters. The number of ether oxygens (including phenoxy) is 1. The zero-order valence-electron chi connectivity index (χ0n) is 12.8. The fourth-order valence-electron chi connectivity index (χ4n) is 3.29. The lowest BCUT2D eigenvalue weighted by Crippen LogP contribution is -2.41. The SMILES string of the molecule is COc1ccccc1C1(CNc2nc(C3CC3)ns2)CCC1. The van der Waals surface area contributed by atoms with Crippen LogP contribution in [0.5, 0.6) is 5.75 Å². The molecule has 116 valence electrons. The molecule has 1 N–H and O–H groups in total. The Hall–Kier alpha value is -1.62. The average molecular weight is 315 g/mol. The third kappa shape index (κ3) is 2.47. The van der Waals surface area contributed by atoms with E-state index in [1.54, 1.807) is 7.11 Å². The second-order valence-corrected chi connectivity index (χ2v) is 7.17. The van der Waals surface area contributed by atoms with E-state index in [2.05, 4.69) is 32.9 Å². The van der Waals surface area contributed by atoms with Crippen molar-refractivity contribution in [2.45, 2.75) is 43.4 Å². The molecule has 0 aliphatic heterocycles. The standard InChI is InChI=1S/C17H21N3OS/c1-21-14-6-3-2-5-13(14)17(9-4-10-17)11-18-16-19-15(20-22-16)12-7-8-12/h2-3,5-6,12H,4,7-11H2,1H3,(H,18,19,20). The van der Waals surface area contributed by atoms with Crippen molar-refractivity contribution >= 4 is 16.7 Å². The Bertz CT molecular complexity index is 661. The van der Waals surface area contributed by atoms with Gasteiger partial charge in [0.1, 0.15) is 11.6 Å². The normalized spacial score (nSPS) is 19.5. The van der Waals surface area contributed by atoms with Crippen LogP contribution in [0.2, 0.25) is 0 Å². The Balaban J connectivity index is 1.51. The van der Waals surface area contributed by atoms with Crippen LogP contribution in [-0.4, -0.2) is 23.0 Å². The van der Waals surface area contributed by atoms with E-state index in [-0.39, 0.29) is 5.41 Å². The highest BCUT2D eigenvalue weighted by Gasteiger charge is 2.40. The van der Waals surface area contributed by atoms with Crippen LogP contribution in [0.15, 0.2) is 24.3 Å². The van der Waals surface area contributed by atoms with E-state index in [4.69, 9.17) is 4.74 Å². The van der Waals surface area contributed by atoms with Gasteiger partial charge in [0, 0.05) is 35.0 Å². The fraction of sp³-hybridized carbons (Fsp3) is 0.529. The lowest BCUT2D eigenvalue weighted by Gasteiger charge is -2.43. The van der Waals surface area contributed by atoms with Gasteiger partial charge in [-0.2, -0.15) is 4.37 Å². The molecule has 4 rings (SSSR count). The Morgan fingerprint density at radius 3 is 2.82 bits per heavy atom. The maximum Gasteiger partial charge on any atom is 0.202 e. The molecule has 0 saturated heterocycles. The van der Waals surface area contributed by atoms with Crippen molar-refractivity contribution in [2.24, 2.45) is 0 Å². The smallest absolute Gasteiger partial charge is 0.202 e. The number of benzene rings is 1. The zero-order chi connectivity index (χ0) is 15.0. The Morgan fingerprint density at radius 1 is 1.32 bits per heavy atom. The highest BCUT2D eigenvalue weighted by atomic mass is 32.1. The lowest BCUT2D eigenvalue weighted by molar-refractivity contribution is 0.250. The first-order valence-corrected chi connectivity index (χ1v) is 8.79. The molecule has 2 aliphatic rings. The summed E-state index contributed by atoms with van der Waals surface area (Å²) >= 11 is 1.49. The number of nitrogens with zero attached hydrogens (tertiary/aromatic N) is 2. The number of nitrogens with one attached hydrogen (secondary N) is 1. The molecule has 1 aromatic carbocycles. The van der Waals surface area contributed by atoms with Gasteiger partial charge in [-0.25, -0.2) is 4.98 Å².